The van der Waals surface area contributed by atoms with Gasteiger partial charge in [-0.15, -0.1) is 0 Å². The van der Waals surface area contributed by atoms with E-state index in [9.17, 15) is 14.4 Å². The van der Waals surface area contributed by atoms with Crippen LogP contribution in [0.25, 0.3) is 5.82 Å². The van der Waals surface area contributed by atoms with Gasteiger partial charge in [0.05, 0.1) is 23.4 Å². The average molecular weight is 694 g/mol. The number of ether oxygens (including phenoxy) is 1. The van der Waals surface area contributed by atoms with E-state index < -0.39 is 17.8 Å². The Morgan fingerprint density at radius 3 is 2.60 bits per heavy atom. The zero-order chi connectivity index (χ0) is 25.7. The number of anilines is 1. The standard InChI is InChI=1S/C21H18Br3ClN6O4/c1-3-30(27-10-17(32)35-2)21(34)12-7-11(22)8-13(23)18(12)28-20(33)15-9-16(24)29-31(15)19-14(25)5-4-6-26-19/h4-9,27H,3,10H2,1-2H3,(H,28,33). The fourth-order valence-corrected chi connectivity index (χ4v) is 4.86. The number of benzene rings is 1. The lowest BCUT2D eigenvalue weighted by atomic mass is 10.1. The van der Waals surface area contributed by atoms with E-state index >= 15 is 0 Å². The molecule has 10 nitrogen and oxygen atoms in total. The summed E-state index contributed by atoms with van der Waals surface area (Å²) in [6.07, 6.45) is 1.53. The van der Waals surface area contributed by atoms with Gasteiger partial charge in [0.1, 0.15) is 16.8 Å². The van der Waals surface area contributed by atoms with E-state index in [0.29, 0.717) is 18.6 Å². The molecule has 0 aliphatic carbocycles. The molecule has 14 heteroatoms. The Hall–Kier alpha value is -2.32. The summed E-state index contributed by atoms with van der Waals surface area (Å²) in [6.45, 7) is 1.77. The van der Waals surface area contributed by atoms with E-state index in [0.717, 1.165) is 0 Å². The Morgan fingerprint density at radius 1 is 1.20 bits per heavy atom. The van der Waals surface area contributed by atoms with Gasteiger partial charge in [0.2, 0.25) is 0 Å². The van der Waals surface area contributed by atoms with Crippen LogP contribution in [0.15, 0.2) is 50.1 Å². The number of rotatable bonds is 8. The molecule has 3 rings (SSSR count). The normalized spacial score (nSPS) is 10.7. The summed E-state index contributed by atoms with van der Waals surface area (Å²) < 4.78 is 7.35. The van der Waals surface area contributed by atoms with Crippen molar-refractivity contribution in [1.29, 1.82) is 0 Å². The molecule has 0 radical (unpaired) electrons. The Bertz CT molecular complexity index is 1290. The van der Waals surface area contributed by atoms with Gasteiger partial charge in [-0.2, -0.15) is 5.10 Å². The van der Waals surface area contributed by atoms with Crippen LogP contribution in [0.2, 0.25) is 5.02 Å². The molecule has 0 unspecified atom stereocenters. The maximum atomic E-state index is 13.3. The van der Waals surface area contributed by atoms with Crippen LogP contribution in [0.1, 0.15) is 27.8 Å². The van der Waals surface area contributed by atoms with Gasteiger partial charge in [0.15, 0.2) is 5.82 Å². The summed E-state index contributed by atoms with van der Waals surface area (Å²) in [7, 11) is 1.25. The highest BCUT2D eigenvalue weighted by molar-refractivity contribution is 9.11. The van der Waals surface area contributed by atoms with E-state index in [1.54, 1.807) is 31.2 Å². The van der Waals surface area contributed by atoms with Crippen molar-refractivity contribution in [2.75, 3.05) is 25.5 Å². The van der Waals surface area contributed by atoms with Crippen molar-refractivity contribution in [2.45, 2.75) is 6.92 Å². The molecule has 0 bridgehead atoms. The van der Waals surface area contributed by atoms with Crippen molar-refractivity contribution in [1.82, 2.24) is 25.2 Å². The maximum Gasteiger partial charge on any atom is 0.321 e. The first kappa shape index (κ1) is 27.3. The number of hydrogen-bond donors (Lipinski definition) is 2. The van der Waals surface area contributed by atoms with Crippen LogP contribution < -0.4 is 10.7 Å². The van der Waals surface area contributed by atoms with Crippen molar-refractivity contribution < 1.29 is 19.1 Å². The van der Waals surface area contributed by atoms with Crippen LogP contribution in [-0.2, 0) is 9.53 Å². The summed E-state index contributed by atoms with van der Waals surface area (Å²) in [4.78, 5) is 42.4. The highest BCUT2D eigenvalue weighted by atomic mass is 79.9. The number of pyridine rings is 1. The number of hydrogen-bond acceptors (Lipinski definition) is 7. The molecule has 0 atom stereocenters. The molecule has 2 heterocycles. The number of amides is 2. The molecular formula is C21H18Br3ClN6O4. The van der Waals surface area contributed by atoms with Crippen LogP contribution >= 0.6 is 59.4 Å². The lowest BCUT2D eigenvalue weighted by molar-refractivity contribution is -0.140. The van der Waals surface area contributed by atoms with Crippen molar-refractivity contribution in [3.8, 4) is 5.82 Å². The first-order chi connectivity index (χ1) is 16.7. The second-order valence-electron chi connectivity index (χ2n) is 6.80. The summed E-state index contributed by atoms with van der Waals surface area (Å²) >= 11 is 16.3. The summed E-state index contributed by atoms with van der Waals surface area (Å²) in [6, 6.07) is 8.05. The van der Waals surface area contributed by atoms with Crippen LogP contribution in [0, 0.1) is 0 Å². The average Bonchev–Trinajstić information content (AvgIpc) is 3.22. The Balaban J connectivity index is 1.98. The number of esters is 1. The van der Waals surface area contributed by atoms with Crippen LogP contribution in [0.5, 0.6) is 0 Å². The van der Waals surface area contributed by atoms with Crippen molar-refractivity contribution in [3.05, 3.63) is 66.4 Å². The molecule has 35 heavy (non-hydrogen) atoms. The molecule has 0 aliphatic rings. The number of carbonyl (C=O) groups is 3. The second-order valence-corrected chi connectivity index (χ2v) is 9.79. The van der Waals surface area contributed by atoms with Gasteiger partial charge in [0, 0.05) is 27.8 Å². The zero-order valence-electron chi connectivity index (χ0n) is 18.3. The van der Waals surface area contributed by atoms with Gasteiger partial charge in [-0.25, -0.2) is 15.1 Å². The molecule has 184 valence electrons. The van der Waals surface area contributed by atoms with Gasteiger partial charge >= 0.3 is 5.97 Å². The Labute approximate surface area is 230 Å². The molecule has 0 spiro atoms. The predicted octanol–water partition coefficient (Wildman–Crippen LogP) is 4.60. The van der Waals surface area contributed by atoms with Gasteiger partial charge in [0.25, 0.3) is 11.8 Å². The minimum Gasteiger partial charge on any atom is -0.468 e. The Morgan fingerprint density at radius 2 is 1.94 bits per heavy atom. The van der Waals surface area contributed by atoms with Crippen LogP contribution in [-0.4, -0.2) is 57.8 Å². The fraction of sp³-hybridized carbons (Fsp3) is 0.190. The first-order valence-corrected chi connectivity index (χ1v) is 12.7. The van der Waals surface area contributed by atoms with E-state index in [1.165, 1.54) is 29.1 Å². The number of carbonyl (C=O) groups excluding carboxylic acids is 3. The molecule has 0 saturated heterocycles. The molecule has 3 aromatic rings. The monoisotopic (exact) mass is 690 g/mol. The first-order valence-electron chi connectivity index (χ1n) is 9.95. The van der Waals surface area contributed by atoms with Gasteiger partial charge in [-0.1, -0.05) is 27.5 Å². The zero-order valence-corrected chi connectivity index (χ0v) is 23.8. The van der Waals surface area contributed by atoms with E-state index in [1.807, 2.05) is 0 Å². The SMILES string of the molecule is CCN(NCC(=O)OC)C(=O)c1cc(Br)cc(Br)c1NC(=O)c1cc(Br)nn1-c1ncccc1Cl. The second kappa shape index (κ2) is 12.1. The van der Waals surface area contributed by atoms with Crippen molar-refractivity contribution in [3.63, 3.8) is 0 Å². The number of halogens is 4. The minimum atomic E-state index is -0.562. The molecule has 0 fully saturated rings. The largest absolute Gasteiger partial charge is 0.468 e. The molecule has 2 amide bonds. The molecular weight excluding hydrogens is 675 g/mol. The third kappa shape index (κ3) is 6.47. The van der Waals surface area contributed by atoms with E-state index in [-0.39, 0.29) is 35.9 Å². The summed E-state index contributed by atoms with van der Waals surface area (Å²) in [5.74, 6) is -1.31. The third-order valence-electron chi connectivity index (χ3n) is 4.58. The van der Waals surface area contributed by atoms with E-state index in [2.05, 4.69) is 73.4 Å². The third-order valence-corrected chi connectivity index (χ3v) is 6.34. The quantitative estimate of drug-likeness (QED) is 0.262. The maximum absolute atomic E-state index is 13.3. The Kier molecular flexibility index (Phi) is 9.41. The van der Waals surface area contributed by atoms with Gasteiger partial charge in [-0.3, -0.25) is 19.4 Å². The molecule has 2 N–H and O–H groups in total. The molecule has 1 aromatic carbocycles. The van der Waals surface area contributed by atoms with Crippen molar-refractivity contribution in [2.24, 2.45) is 0 Å². The predicted molar refractivity (Wildman–Crippen MR) is 141 cm³/mol. The topological polar surface area (TPSA) is 118 Å². The molecule has 2 aromatic heterocycles. The van der Waals surface area contributed by atoms with Gasteiger partial charge < -0.3 is 10.1 Å². The number of methoxy groups -OCH3 is 1. The summed E-state index contributed by atoms with van der Waals surface area (Å²) in [5.41, 5.74) is 3.25. The fourth-order valence-electron chi connectivity index (χ4n) is 2.96. The molecule has 0 aliphatic heterocycles. The van der Waals surface area contributed by atoms with E-state index in [4.69, 9.17) is 11.6 Å². The minimum absolute atomic E-state index is 0.127. The van der Waals surface area contributed by atoms with Gasteiger partial charge in [-0.05, 0) is 63.0 Å². The number of nitrogens with zero attached hydrogens (tertiary/aromatic N) is 4. The van der Waals surface area contributed by atoms with Crippen LogP contribution in [0.3, 0.4) is 0 Å². The van der Waals surface area contributed by atoms with Crippen LogP contribution in [0.4, 0.5) is 5.69 Å². The molecule has 0 saturated carbocycles. The number of aromatic nitrogens is 3. The summed E-state index contributed by atoms with van der Waals surface area (Å²) in [5, 5.41) is 8.59. The number of nitrogens with one attached hydrogen (secondary N) is 2. The highest BCUT2D eigenvalue weighted by Gasteiger charge is 2.25. The van der Waals surface area contributed by atoms with Crippen molar-refractivity contribution >= 4 is 82.9 Å². The highest BCUT2D eigenvalue weighted by Crippen LogP contribution is 2.32. The lowest BCUT2D eigenvalue weighted by Gasteiger charge is -2.23. The lowest BCUT2D eigenvalue weighted by Crippen LogP contribution is -2.45. The smallest absolute Gasteiger partial charge is 0.321 e. The number of hydrazine groups is 1.